The molecule has 0 radical (unpaired) electrons. The van der Waals surface area contributed by atoms with Crippen molar-refractivity contribution in [3.8, 4) is 0 Å². The minimum Gasteiger partial charge on any atom is -0.478 e. The van der Waals surface area contributed by atoms with Crippen LogP contribution < -0.4 is 15.9 Å². The van der Waals surface area contributed by atoms with E-state index in [0.717, 1.165) is 12.3 Å². The summed E-state index contributed by atoms with van der Waals surface area (Å²) in [7, 11) is -0.652. The second kappa shape index (κ2) is 9.29. The van der Waals surface area contributed by atoms with Gasteiger partial charge in [-0.1, -0.05) is 115 Å². The fraction of sp³-hybridized carbons (Fsp3) is 0.107. The van der Waals surface area contributed by atoms with E-state index in [-0.39, 0.29) is 6.04 Å². The quantitative estimate of drug-likeness (QED) is 0.394. The summed E-state index contributed by atoms with van der Waals surface area (Å²) in [5, 5.41) is 4.07. The third-order valence-electron chi connectivity index (χ3n) is 5.49. The van der Waals surface area contributed by atoms with Gasteiger partial charge in [-0.3, -0.25) is 0 Å². The normalized spacial score (nSPS) is 15.5. The molecule has 2 nitrogen and oxygen atoms in total. The Morgan fingerprint density at radius 1 is 0.677 bits per heavy atom. The number of ether oxygens (including phenoxy) is 1. The number of rotatable bonds is 6. The van der Waals surface area contributed by atoms with E-state index in [1.807, 2.05) is 6.07 Å². The summed E-state index contributed by atoms with van der Waals surface area (Å²) >= 11 is 0. The molecule has 0 aromatic heterocycles. The molecule has 4 aromatic carbocycles. The van der Waals surface area contributed by atoms with E-state index in [1.165, 1.54) is 27.0 Å². The van der Waals surface area contributed by atoms with Gasteiger partial charge >= 0.3 is 0 Å². The van der Waals surface area contributed by atoms with Gasteiger partial charge in [0, 0.05) is 6.42 Å². The van der Waals surface area contributed by atoms with Gasteiger partial charge in [0.15, 0.2) is 5.90 Å². The molecule has 0 saturated heterocycles. The summed E-state index contributed by atoms with van der Waals surface area (Å²) in [6.07, 6.45) is 0.720. The second-order valence-corrected chi connectivity index (χ2v) is 9.76. The van der Waals surface area contributed by atoms with E-state index in [0.29, 0.717) is 6.61 Å². The van der Waals surface area contributed by atoms with Gasteiger partial charge in [-0.15, -0.1) is 0 Å². The van der Waals surface area contributed by atoms with E-state index >= 15 is 0 Å². The van der Waals surface area contributed by atoms with Crippen LogP contribution in [0.5, 0.6) is 0 Å². The van der Waals surface area contributed by atoms with Crippen LogP contribution in [0.3, 0.4) is 0 Å². The van der Waals surface area contributed by atoms with E-state index in [2.05, 4.69) is 109 Å². The average Bonchev–Trinajstić information content (AvgIpc) is 3.31. The van der Waals surface area contributed by atoms with Crippen molar-refractivity contribution in [2.45, 2.75) is 12.5 Å². The van der Waals surface area contributed by atoms with E-state index in [1.54, 1.807) is 0 Å². The highest BCUT2D eigenvalue weighted by Gasteiger charge is 2.24. The Morgan fingerprint density at radius 2 is 1.23 bits per heavy atom. The Hall–Kier alpha value is -3.22. The zero-order chi connectivity index (χ0) is 20.9. The summed E-state index contributed by atoms with van der Waals surface area (Å²) in [6.45, 7) is 0.619. The molecule has 0 saturated carbocycles. The molecule has 0 amide bonds. The molecule has 1 aliphatic rings. The standard InChI is InChI=1S/C28H24NOP/c1-4-12-22(13-5-1)26-21-30-28(29-26)20-23-14-10-11-19-27(23)31(24-15-6-2-7-16-24)25-17-8-3-9-18-25/h1-19,26H,20-21H2/t26-/m0/s1. The molecule has 152 valence electrons. The van der Waals surface area contributed by atoms with E-state index in [9.17, 15) is 0 Å². The number of nitrogens with zero attached hydrogens (tertiary/aromatic N) is 1. The fourth-order valence-corrected chi connectivity index (χ4v) is 6.46. The van der Waals surface area contributed by atoms with Crippen molar-refractivity contribution in [2.24, 2.45) is 4.99 Å². The van der Waals surface area contributed by atoms with Crippen molar-refractivity contribution < 1.29 is 4.74 Å². The van der Waals surface area contributed by atoms with Gasteiger partial charge in [-0.25, -0.2) is 4.99 Å². The molecule has 5 rings (SSSR count). The summed E-state index contributed by atoms with van der Waals surface area (Å²) in [6, 6.07) is 40.9. The minimum atomic E-state index is -0.652. The minimum absolute atomic E-state index is 0.0909. The van der Waals surface area contributed by atoms with Crippen molar-refractivity contribution in [3.63, 3.8) is 0 Å². The molecule has 4 aromatic rings. The van der Waals surface area contributed by atoms with Crippen LogP contribution in [0, 0.1) is 0 Å². The molecular weight excluding hydrogens is 397 g/mol. The highest BCUT2D eigenvalue weighted by Crippen LogP contribution is 2.34. The van der Waals surface area contributed by atoms with Gasteiger partial charge in [-0.2, -0.15) is 0 Å². The van der Waals surface area contributed by atoms with Gasteiger partial charge in [0.05, 0.1) is 0 Å². The predicted molar refractivity (Wildman–Crippen MR) is 131 cm³/mol. The predicted octanol–water partition coefficient (Wildman–Crippen LogP) is 5.16. The smallest absolute Gasteiger partial charge is 0.188 e. The lowest BCUT2D eigenvalue weighted by atomic mass is 10.1. The van der Waals surface area contributed by atoms with Gasteiger partial charge in [-0.05, 0) is 35.0 Å². The third kappa shape index (κ3) is 4.45. The number of hydrogen-bond donors (Lipinski definition) is 0. The Morgan fingerprint density at radius 3 is 1.87 bits per heavy atom. The van der Waals surface area contributed by atoms with Gasteiger partial charge < -0.3 is 4.74 Å². The average molecular weight is 421 g/mol. The van der Waals surface area contributed by atoms with Crippen LogP contribution >= 0.6 is 7.92 Å². The first-order chi connectivity index (χ1) is 15.4. The summed E-state index contributed by atoms with van der Waals surface area (Å²) in [4.78, 5) is 4.90. The largest absolute Gasteiger partial charge is 0.478 e. The Bertz CT molecular complexity index is 1120. The molecule has 0 unspecified atom stereocenters. The molecule has 0 aliphatic carbocycles. The molecule has 0 bridgehead atoms. The van der Waals surface area contributed by atoms with Crippen LogP contribution in [0.25, 0.3) is 0 Å². The summed E-state index contributed by atoms with van der Waals surface area (Å²) < 4.78 is 6.03. The number of benzene rings is 4. The number of hydrogen-bond acceptors (Lipinski definition) is 2. The van der Waals surface area contributed by atoms with Crippen molar-refractivity contribution >= 4 is 29.7 Å². The first kappa shape index (κ1) is 19.7. The highest BCUT2D eigenvalue weighted by molar-refractivity contribution is 7.79. The van der Waals surface area contributed by atoms with Crippen LogP contribution in [-0.4, -0.2) is 12.5 Å². The maximum Gasteiger partial charge on any atom is 0.188 e. The lowest BCUT2D eigenvalue weighted by Crippen LogP contribution is -2.24. The Balaban J connectivity index is 1.50. The third-order valence-corrected chi connectivity index (χ3v) is 8.04. The summed E-state index contributed by atoms with van der Waals surface area (Å²) in [5.41, 5.74) is 2.50. The molecule has 0 spiro atoms. The first-order valence-corrected chi connectivity index (χ1v) is 12.0. The molecule has 1 atom stereocenters. The highest BCUT2D eigenvalue weighted by atomic mass is 31.1. The molecule has 1 aliphatic heterocycles. The van der Waals surface area contributed by atoms with Crippen molar-refractivity contribution in [3.05, 3.63) is 126 Å². The van der Waals surface area contributed by atoms with Gasteiger partial charge in [0.1, 0.15) is 12.6 Å². The molecular formula is C28H24NOP. The fourth-order valence-electron chi connectivity index (χ4n) is 3.99. The Labute approximate surface area is 185 Å². The van der Waals surface area contributed by atoms with Gasteiger partial charge in [0.2, 0.25) is 0 Å². The van der Waals surface area contributed by atoms with Crippen LogP contribution in [0.1, 0.15) is 17.2 Å². The van der Waals surface area contributed by atoms with E-state index < -0.39 is 7.92 Å². The van der Waals surface area contributed by atoms with Gasteiger partial charge in [0.25, 0.3) is 0 Å². The maximum atomic E-state index is 6.03. The number of aliphatic imine (C=N–C) groups is 1. The van der Waals surface area contributed by atoms with Crippen LogP contribution in [0.15, 0.2) is 120 Å². The van der Waals surface area contributed by atoms with Crippen molar-refractivity contribution in [1.82, 2.24) is 0 Å². The Kier molecular flexibility index (Phi) is 5.91. The molecule has 31 heavy (non-hydrogen) atoms. The van der Waals surface area contributed by atoms with Crippen LogP contribution in [0.2, 0.25) is 0 Å². The monoisotopic (exact) mass is 421 g/mol. The van der Waals surface area contributed by atoms with Crippen molar-refractivity contribution in [1.29, 1.82) is 0 Å². The topological polar surface area (TPSA) is 21.6 Å². The SMILES string of the molecule is c1ccc([C@@H]2COC(Cc3ccccc3P(c3ccccc3)c3ccccc3)=N2)cc1. The first-order valence-electron chi connectivity index (χ1n) is 10.6. The molecule has 1 heterocycles. The molecule has 0 N–H and O–H groups in total. The summed E-state index contributed by atoms with van der Waals surface area (Å²) in [5.74, 6) is 0.831. The second-order valence-electron chi connectivity index (χ2n) is 7.57. The molecule has 3 heteroatoms. The van der Waals surface area contributed by atoms with E-state index in [4.69, 9.17) is 9.73 Å². The van der Waals surface area contributed by atoms with Crippen molar-refractivity contribution in [2.75, 3.05) is 6.61 Å². The van der Waals surface area contributed by atoms with Crippen LogP contribution in [0.4, 0.5) is 0 Å². The zero-order valence-electron chi connectivity index (χ0n) is 17.3. The lowest BCUT2D eigenvalue weighted by molar-refractivity contribution is 0.313. The van der Waals surface area contributed by atoms with Crippen LogP contribution in [-0.2, 0) is 11.2 Å². The lowest BCUT2D eigenvalue weighted by Gasteiger charge is -2.22. The maximum absolute atomic E-state index is 6.03. The zero-order valence-corrected chi connectivity index (χ0v) is 18.2. The molecule has 0 fully saturated rings.